The van der Waals surface area contributed by atoms with E-state index in [9.17, 15) is 9.59 Å². The Morgan fingerprint density at radius 3 is 2.93 bits per heavy atom. The van der Waals surface area contributed by atoms with Crippen molar-refractivity contribution in [1.29, 1.82) is 0 Å². The molecule has 2 amide bonds. The molecule has 1 unspecified atom stereocenters. The van der Waals surface area contributed by atoms with Crippen molar-refractivity contribution >= 4 is 11.8 Å². The second kappa shape index (κ2) is 4.18. The van der Waals surface area contributed by atoms with E-state index in [1.165, 1.54) is 0 Å². The molecule has 5 nitrogen and oxygen atoms in total. The molecular formula is C10H17N3O2. The molecule has 5 heteroatoms. The summed E-state index contributed by atoms with van der Waals surface area (Å²) < 4.78 is 0. The maximum absolute atomic E-state index is 12.0. The number of piperidine rings is 1. The van der Waals surface area contributed by atoms with Gasteiger partial charge in [0, 0.05) is 32.1 Å². The van der Waals surface area contributed by atoms with Crippen LogP contribution in [0, 0.1) is 5.92 Å². The minimum atomic E-state index is -0.164. The first-order valence-electron chi connectivity index (χ1n) is 5.48. The van der Waals surface area contributed by atoms with E-state index in [2.05, 4.69) is 5.32 Å². The van der Waals surface area contributed by atoms with Crippen molar-refractivity contribution in [2.75, 3.05) is 19.6 Å². The van der Waals surface area contributed by atoms with E-state index in [1.54, 1.807) is 4.90 Å². The lowest BCUT2D eigenvalue weighted by atomic mass is 10.0. The van der Waals surface area contributed by atoms with E-state index in [0.29, 0.717) is 19.5 Å². The minimum absolute atomic E-state index is 0.0188. The van der Waals surface area contributed by atoms with Crippen molar-refractivity contribution in [3.8, 4) is 0 Å². The third-order valence-electron chi connectivity index (χ3n) is 3.10. The zero-order chi connectivity index (χ0) is 10.8. The van der Waals surface area contributed by atoms with Crippen LogP contribution in [0.15, 0.2) is 0 Å². The molecule has 0 bridgehead atoms. The largest absolute Gasteiger partial charge is 0.355 e. The van der Waals surface area contributed by atoms with Crippen molar-refractivity contribution in [2.24, 2.45) is 11.7 Å². The molecule has 0 aromatic carbocycles. The van der Waals surface area contributed by atoms with Gasteiger partial charge in [-0.2, -0.15) is 0 Å². The van der Waals surface area contributed by atoms with Gasteiger partial charge in [-0.1, -0.05) is 0 Å². The van der Waals surface area contributed by atoms with Gasteiger partial charge >= 0.3 is 0 Å². The zero-order valence-electron chi connectivity index (χ0n) is 8.74. The molecule has 2 rings (SSSR count). The summed E-state index contributed by atoms with van der Waals surface area (Å²) in [7, 11) is 0. The van der Waals surface area contributed by atoms with E-state index in [0.717, 1.165) is 19.4 Å². The van der Waals surface area contributed by atoms with Gasteiger partial charge in [-0.25, -0.2) is 0 Å². The molecule has 2 heterocycles. The average Bonchev–Trinajstić information content (AvgIpc) is 2.64. The van der Waals surface area contributed by atoms with Crippen LogP contribution in [0.3, 0.4) is 0 Å². The summed E-state index contributed by atoms with van der Waals surface area (Å²) in [4.78, 5) is 24.8. The zero-order valence-corrected chi connectivity index (χ0v) is 8.74. The number of nitrogens with one attached hydrogen (secondary N) is 1. The molecule has 0 saturated carbocycles. The number of carbonyl (C=O) groups excluding carboxylic acids is 2. The fourth-order valence-electron chi connectivity index (χ4n) is 2.25. The van der Waals surface area contributed by atoms with Gasteiger partial charge in [-0.3, -0.25) is 9.59 Å². The molecular weight excluding hydrogens is 194 g/mol. The first-order valence-corrected chi connectivity index (χ1v) is 5.48. The number of hydrogen-bond acceptors (Lipinski definition) is 3. The molecule has 15 heavy (non-hydrogen) atoms. The highest BCUT2D eigenvalue weighted by Gasteiger charge is 2.32. The number of amides is 2. The summed E-state index contributed by atoms with van der Waals surface area (Å²) in [6, 6.07) is 0.104. The Labute approximate surface area is 89.0 Å². The number of carbonyl (C=O) groups is 2. The molecule has 0 aromatic heterocycles. The highest BCUT2D eigenvalue weighted by Crippen LogP contribution is 2.16. The molecule has 2 fully saturated rings. The highest BCUT2D eigenvalue weighted by molar-refractivity contribution is 5.89. The van der Waals surface area contributed by atoms with Crippen LogP contribution in [0.1, 0.15) is 19.3 Å². The molecule has 84 valence electrons. The topological polar surface area (TPSA) is 75.4 Å². The number of hydrogen-bond donors (Lipinski definition) is 2. The Kier molecular flexibility index (Phi) is 2.90. The summed E-state index contributed by atoms with van der Waals surface area (Å²) in [6.45, 7) is 1.92. The van der Waals surface area contributed by atoms with Gasteiger partial charge in [0.1, 0.15) is 0 Å². The van der Waals surface area contributed by atoms with E-state index in [-0.39, 0.29) is 23.8 Å². The maximum Gasteiger partial charge on any atom is 0.228 e. The maximum atomic E-state index is 12.0. The van der Waals surface area contributed by atoms with Crippen LogP contribution in [-0.4, -0.2) is 42.4 Å². The van der Waals surface area contributed by atoms with Crippen molar-refractivity contribution in [1.82, 2.24) is 10.2 Å². The second-order valence-corrected chi connectivity index (χ2v) is 4.39. The first kappa shape index (κ1) is 10.4. The predicted molar refractivity (Wildman–Crippen MR) is 54.9 cm³/mol. The summed E-state index contributed by atoms with van der Waals surface area (Å²) in [5.74, 6) is -0.0963. The van der Waals surface area contributed by atoms with E-state index in [4.69, 9.17) is 5.73 Å². The Morgan fingerprint density at radius 1 is 1.53 bits per heavy atom. The summed E-state index contributed by atoms with van der Waals surface area (Å²) in [5.41, 5.74) is 5.81. The molecule has 2 aliphatic heterocycles. The van der Waals surface area contributed by atoms with Crippen molar-refractivity contribution in [3.63, 3.8) is 0 Å². The van der Waals surface area contributed by atoms with Gasteiger partial charge in [-0.05, 0) is 12.8 Å². The number of nitrogens with zero attached hydrogens (tertiary/aromatic N) is 1. The second-order valence-electron chi connectivity index (χ2n) is 4.39. The summed E-state index contributed by atoms with van der Waals surface area (Å²) in [6.07, 6.45) is 2.30. The van der Waals surface area contributed by atoms with Gasteiger partial charge in [0.15, 0.2) is 0 Å². The van der Waals surface area contributed by atoms with Crippen LogP contribution in [0.2, 0.25) is 0 Å². The fourth-order valence-corrected chi connectivity index (χ4v) is 2.25. The lowest BCUT2D eigenvalue weighted by Crippen LogP contribution is -2.48. The Balaban J connectivity index is 1.92. The number of nitrogens with two attached hydrogens (primary N) is 1. The third-order valence-corrected chi connectivity index (χ3v) is 3.10. The predicted octanol–water partition coefficient (Wildman–Crippen LogP) is -0.928. The Morgan fingerprint density at radius 2 is 2.33 bits per heavy atom. The molecule has 0 aromatic rings. The molecule has 0 aliphatic carbocycles. The van der Waals surface area contributed by atoms with Crippen LogP contribution < -0.4 is 11.1 Å². The van der Waals surface area contributed by atoms with Crippen LogP contribution in [0.25, 0.3) is 0 Å². The molecule has 2 atom stereocenters. The summed E-state index contributed by atoms with van der Waals surface area (Å²) >= 11 is 0. The summed E-state index contributed by atoms with van der Waals surface area (Å²) in [5, 5.41) is 2.68. The van der Waals surface area contributed by atoms with E-state index < -0.39 is 0 Å². The number of rotatable bonds is 1. The van der Waals surface area contributed by atoms with Gasteiger partial charge in [0.2, 0.25) is 11.8 Å². The smallest absolute Gasteiger partial charge is 0.228 e. The van der Waals surface area contributed by atoms with Gasteiger partial charge in [-0.15, -0.1) is 0 Å². The molecule has 2 saturated heterocycles. The van der Waals surface area contributed by atoms with Crippen molar-refractivity contribution in [2.45, 2.75) is 25.3 Å². The van der Waals surface area contributed by atoms with Gasteiger partial charge in [0.05, 0.1) is 5.92 Å². The highest BCUT2D eigenvalue weighted by atomic mass is 16.2. The third kappa shape index (κ3) is 2.28. The van der Waals surface area contributed by atoms with Crippen molar-refractivity contribution < 1.29 is 9.59 Å². The first-order chi connectivity index (χ1) is 7.16. The van der Waals surface area contributed by atoms with Gasteiger partial charge in [0.25, 0.3) is 0 Å². The van der Waals surface area contributed by atoms with E-state index >= 15 is 0 Å². The molecule has 3 N–H and O–H groups in total. The van der Waals surface area contributed by atoms with Crippen LogP contribution in [0.5, 0.6) is 0 Å². The molecule has 0 spiro atoms. The molecule has 0 radical (unpaired) electrons. The Bertz CT molecular complexity index is 280. The lowest BCUT2D eigenvalue weighted by molar-refractivity contribution is -0.136. The van der Waals surface area contributed by atoms with Crippen molar-refractivity contribution in [3.05, 3.63) is 0 Å². The van der Waals surface area contributed by atoms with Crippen LogP contribution in [0.4, 0.5) is 0 Å². The Hall–Kier alpha value is -1.10. The molecule has 2 aliphatic rings. The standard InChI is InChI=1S/C10H17N3O2/c11-8-2-1-3-13(6-8)10(15)7-4-9(14)12-5-7/h7-8H,1-6,11H2,(H,12,14)/t7?,8-/m1/s1. The number of likely N-dealkylation sites (tertiary alicyclic amines) is 1. The van der Waals surface area contributed by atoms with Crippen LogP contribution >= 0.6 is 0 Å². The lowest BCUT2D eigenvalue weighted by Gasteiger charge is -2.32. The SMILES string of the molecule is N[C@@H]1CCCN(C(=O)C2CNC(=O)C2)C1. The van der Waals surface area contributed by atoms with Gasteiger partial charge < -0.3 is 16.0 Å². The monoisotopic (exact) mass is 211 g/mol. The minimum Gasteiger partial charge on any atom is -0.355 e. The van der Waals surface area contributed by atoms with E-state index in [1.807, 2.05) is 0 Å². The quantitative estimate of drug-likeness (QED) is 0.588. The fraction of sp³-hybridized carbons (Fsp3) is 0.800. The normalized spacial score (nSPS) is 31.5. The average molecular weight is 211 g/mol. The van der Waals surface area contributed by atoms with Crippen LogP contribution in [-0.2, 0) is 9.59 Å².